The van der Waals surface area contributed by atoms with Gasteiger partial charge in [-0.05, 0) is 25.8 Å². The largest absolute Gasteiger partial charge is 0.347 e. The SMILES string of the molecule is CCCCCCCCCCCCC[C@@H]1C[C@@H]([C@H](C)N=[N+]=[N-])OC(C)(C)O1. The lowest BCUT2D eigenvalue weighted by molar-refractivity contribution is -0.302. The number of unbranched alkanes of at least 4 members (excludes halogenated alkanes) is 10. The average Bonchev–Trinajstić information content (AvgIpc) is 2.58. The molecular weight excluding hydrogens is 326 g/mol. The van der Waals surface area contributed by atoms with Crippen LogP contribution in [0.4, 0.5) is 0 Å². The summed E-state index contributed by atoms with van der Waals surface area (Å²) in [5, 5.41) is 3.81. The molecule has 0 aromatic carbocycles. The Balaban J connectivity index is 2.11. The number of azide groups is 1. The van der Waals surface area contributed by atoms with Crippen molar-refractivity contribution in [3.05, 3.63) is 10.4 Å². The van der Waals surface area contributed by atoms with Crippen LogP contribution in [0.2, 0.25) is 0 Å². The van der Waals surface area contributed by atoms with Crippen molar-refractivity contribution >= 4 is 0 Å². The minimum atomic E-state index is -0.593. The van der Waals surface area contributed by atoms with Crippen LogP contribution in [0, 0.1) is 0 Å². The summed E-state index contributed by atoms with van der Waals surface area (Å²) < 4.78 is 12.0. The molecule has 0 aromatic heterocycles. The van der Waals surface area contributed by atoms with Gasteiger partial charge >= 0.3 is 0 Å². The monoisotopic (exact) mass is 367 g/mol. The van der Waals surface area contributed by atoms with Gasteiger partial charge in [-0.15, -0.1) is 0 Å². The van der Waals surface area contributed by atoms with Gasteiger partial charge in [0.1, 0.15) is 0 Å². The van der Waals surface area contributed by atoms with Gasteiger partial charge in [0.2, 0.25) is 0 Å². The maximum absolute atomic E-state index is 8.65. The Kier molecular flexibility index (Phi) is 12.0. The second-order valence-corrected chi connectivity index (χ2v) is 8.30. The summed E-state index contributed by atoms with van der Waals surface area (Å²) in [6.07, 6.45) is 17.0. The van der Waals surface area contributed by atoms with Crippen molar-refractivity contribution in [2.75, 3.05) is 0 Å². The topological polar surface area (TPSA) is 67.2 Å². The molecule has 152 valence electrons. The third-order valence-corrected chi connectivity index (χ3v) is 5.28. The highest BCUT2D eigenvalue weighted by Crippen LogP contribution is 2.31. The van der Waals surface area contributed by atoms with Crippen LogP contribution in [0.1, 0.15) is 111 Å². The Morgan fingerprint density at radius 1 is 0.962 bits per heavy atom. The van der Waals surface area contributed by atoms with Gasteiger partial charge in [0.05, 0.1) is 18.2 Å². The van der Waals surface area contributed by atoms with E-state index >= 15 is 0 Å². The molecule has 5 heteroatoms. The summed E-state index contributed by atoms with van der Waals surface area (Å²) in [5.41, 5.74) is 8.65. The second-order valence-electron chi connectivity index (χ2n) is 8.30. The molecule has 3 atom stereocenters. The van der Waals surface area contributed by atoms with Crippen LogP contribution in [-0.4, -0.2) is 24.0 Å². The zero-order valence-electron chi connectivity index (χ0n) is 17.6. The zero-order chi connectivity index (χ0) is 19.3. The molecule has 0 radical (unpaired) electrons. The predicted octanol–water partition coefficient (Wildman–Crippen LogP) is 7.30. The molecule has 0 amide bonds. The van der Waals surface area contributed by atoms with Gasteiger partial charge in [-0.2, -0.15) is 0 Å². The lowest BCUT2D eigenvalue weighted by Gasteiger charge is -2.42. The van der Waals surface area contributed by atoms with Crippen LogP contribution >= 0.6 is 0 Å². The van der Waals surface area contributed by atoms with E-state index in [4.69, 9.17) is 15.0 Å². The second kappa shape index (κ2) is 13.4. The number of hydrogen-bond acceptors (Lipinski definition) is 3. The highest BCUT2D eigenvalue weighted by molar-refractivity contribution is 4.83. The van der Waals surface area contributed by atoms with Gasteiger partial charge in [-0.1, -0.05) is 89.6 Å². The molecule has 0 aliphatic carbocycles. The molecular formula is C21H41N3O2. The van der Waals surface area contributed by atoms with Crippen LogP contribution in [0.15, 0.2) is 5.11 Å². The third-order valence-electron chi connectivity index (χ3n) is 5.28. The first-order valence-electron chi connectivity index (χ1n) is 10.9. The van der Waals surface area contributed by atoms with Crippen molar-refractivity contribution in [2.24, 2.45) is 5.11 Å². The fourth-order valence-electron chi connectivity index (χ4n) is 3.81. The number of nitrogens with zero attached hydrogens (tertiary/aromatic N) is 3. The number of rotatable bonds is 14. The van der Waals surface area contributed by atoms with Crippen molar-refractivity contribution in [1.29, 1.82) is 0 Å². The standard InChI is InChI=1S/C21H41N3O2/c1-5-6-7-8-9-10-11-12-13-14-15-16-19-17-20(18(2)23-24-22)26-21(3,4)25-19/h18-20H,5-17H2,1-4H3/t18-,19+,20-/m0/s1. The van der Waals surface area contributed by atoms with Crippen molar-refractivity contribution in [3.8, 4) is 0 Å². The van der Waals surface area contributed by atoms with Gasteiger partial charge < -0.3 is 9.47 Å². The van der Waals surface area contributed by atoms with E-state index in [9.17, 15) is 0 Å². The molecule has 0 saturated carbocycles. The summed E-state index contributed by atoms with van der Waals surface area (Å²) in [6.45, 7) is 8.10. The molecule has 1 fully saturated rings. The van der Waals surface area contributed by atoms with E-state index in [1.54, 1.807) is 0 Å². The van der Waals surface area contributed by atoms with Gasteiger partial charge in [0.25, 0.3) is 0 Å². The summed E-state index contributed by atoms with van der Waals surface area (Å²) in [6, 6.07) is -0.150. The van der Waals surface area contributed by atoms with E-state index in [-0.39, 0.29) is 18.2 Å². The summed E-state index contributed by atoms with van der Waals surface area (Å²) in [4.78, 5) is 2.92. The molecule has 0 spiro atoms. The first-order valence-corrected chi connectivity index (χ1v) is 10.9. The van der Waals surface area contributed by atoms with Crippen molar-refractivity contribution in [3.63, 3.8) is 0 Å². The average molecular weight is 368 g/mol. The van der Waals surface area contributed by atoms with E-state index in [1.165, 1.54) is 70.6 Å². The first kappa shape index (κ1) is 23.3. The zero-order valence-corrected chi connectivity index (χ0v) is 17.6. The Morgan fingerprint density at radius 2 is 1.50 bits per heavy atom. The molecule has 0 unspecified atom stereocenters. The van der Waals surface area contributed by atoms with Gasteiger partial charge in [-0.3, -0.25) is 0 Å². The number of hydrogen-bond donors (Lipinski definition) is 0. The van der Waals surface area contributed by atoms with Crippen LogP contribution in [0.5, 0.6) is 0 Å². The van der Waals surface area contributed by atoms with Gasteiger partial charge in [-0.25, -0.2) is 0 Å². The van der Waals surface area contributed by atoms with E-state index < -0.39 is 5.79 Å². The molecule has 1 aliphatic rings. The highest BCUT2D eigenvalue weighted by atomic mass is 16.7. The fraction of sp³-hybridized carbons (Fsp3) is 1.00. The van der Waals surface area contributed by atoms with E-state index in [1.807, 2.05) is 20.8 Å². The quantitative estimate of drug-likeness (QED) is 0.140. The molecule has 0 bridgehead atoms. The van der Waals surface area contributed by atoms with E-state index in [0.29, 0.717) is 0 Å². The third kappa shape index (κ3) is 10.4. The molecule has 1 heterocycles. The van der Waals surface area contributed by atoms with Crippen molar-refractivity contribution in [2.45, 2.75) is 135 Å². The Hall–Kier alpha value is -0.770. The van der Waals surface area contributed by atoms with Crippen LogP contribution in [-0.2, 0) is 9.47 Å². The van der Waals surface area contributed by atoms with Crippen LogP contribution in [0.25, 0.3) is 10.4 Å². The Morgan fingerprint density at radius 3 is 2.04 bits per heavy atom. The van der Waals surface area contributed by atoms with Crippen molar-refractivity contribution in [1.82, 2.24) is 0 Å². The Labute approximate surface area is 160 Å². The lowest BCUT2D eigenvalue weighted by Crippen LogP contribution is -2.47. The minimum absolute atomic E-state index is 0.0487. The van der Waals surface area contributed by atoms with Crippen molar-refractivity contribution < 1.29 is 9.47 Å². The highest BCUT2D eigenvalue weighted by Gasteiger charge is 2.37. The normalized spacial score (nSPS) is 23.4. The predicted molar refractivity (Wildman–Crippen MR) is 108 cm³/mol. The van der Waals surface area contributed by atoms with Crippen LogP contribution in [0.3, 0.4) is 0 Å². The molecule has 0 N–H and O–H groups in total. The summed E-state index contributed by atoms with van der Waals surface area (Å²) >= 11 is 0. The maximum atomic E-state index is 8.65. The Bertz CT molecular complexity index is 408. The molecule has 26 heavy (non-hydrogen) atoms. The summed E-state index contributed by atoms with van der Waals surface area (Å²) in [5.74, 6) is -0.593. The molecule has 0 aromatic rings. The molecule has 1 aliphatic heterocycles. The summed E-state index contributed by atoms with van der Waals surface area (Å²) in [7, 11) is 0. The van der Waals surface area contributed by atoms with E-state index in [0.717, 1.165) is 12.8 Å². The lowest BCUT2D eigenvalue weighted by atomic mass is 9.98. The van der Waals surface area contributed by atoms with Gasteiger partial charge in [0, 0.05) is 11.3 Å². The fourth-order valence-corrected chi connectivity index (χ4v) is 3.81. The molecule has 1 rings (SSSR count). The van der Waals surface area contributed by atoms with Gasteiger partial charge in [0.15, 0.2) is 5.79 Å². The first-order chi connectivity index (χ1) is 12.5. The minimum Gasteiger partial charge on any atom is -0.347 e. The smallest absolute Gasteiger partial charge is 0.163 e. The maximum Gasteiger partial charge on any atom is 0.163 e. The molecule has 5 nitrogen and oxygen atoms in total. The van der Waals surface area contributed by atoms with E-state index in [2.05, 4.69) is 16.9 Å². The number of ether oxygens (including phenoxy) is 2. The van der Waals surface area contributed by atoms with Crippen LogP contribution < -0.4 is 0 Å². The molecule has 1 saturated heterocycles.